The minimum atomic E-state index is -1.08. The van der Waals surface area contributed by atoms with Crippen LogP contribution in [0.15, 0.2) is 30.3 Å². The highest BCUT2D eigenvalue weighted by Crippen LogP contribution is 2.26. The molecule has 0 aliphatic heterocycles. The van der Waals surface area contributed by atoms with Crippen molar-refractivity contribution in [1.82, 2.24) is 0 Å². The standard InChI is InChI=1S/C13H16O4/c1-9(14)7-8-11(13(16)17)12(15)10-5-3-2-4-6-10/h2-6,11-12,15H,7-8H2,1H3,(H,16,17)/t11?,12-/m0/s1. The van der Waals surface area contributed by atoms with Crippen LogP contribution in [0, 0.1) is 5.92 Å². The van der Waals surface area contributed by atoms with Gasteiger partial charge in [0.15, 0.2) is 0 Å². The van der Waals surface area contributed by atoms with Gasteiger partial charge in [-0.25, -0.2) is 0 Å². The molecular formula is C13H16O4. The molecule has 4 heteroatoms. The predicted molar refractivity (Wildman–Crippen MR) is 62.4 cm³/mol. The van der Waals surface area contributed by atoms with Crippen molar-refractivity contribution < 1.29 is 19.8 Å². The SMILES string of the molecule is CC(=O)CCC(C(=O)O)[C@@H](O)c1ccccc1. The maximum absolute atomic E-state index is 11.1. The monoisotopic (exact) mass is 236 g/mol. The van der Waals surface area contributed by atoms with E-state index in [9.17, 15) is 14.7 Å². The Labute approximate surface area is 99.9 Å². The second-order valence-corrected chi connectivity index (χ2v) is 4.04. The summed E-state index contributed by atoms with van der Waals surface area (Å²) in [6, 6.07) is 8.62. The fourth-order valence-electron chi connectivity index (χ4n) is 1.66. The minimum Gasteiger partial charge on any atom is -0.481 e. The molecule has 0 aliphatic carbocycles. The van der Waals surface area contributed by atoms with Gasteiger partial charge in [0.25, 0.3) is 0 Å². The first kappa shape index (κ1) is 13.4. The highest BCUT2D eigenvalue weighted by atomic mass is 16.4. The average Bonchev–Trinajstić information content (AvgIpc) is 2.29. The molecule has 0 aliphatic rings. The van der Waals surface area contributed by atoms with Gasteiger partial charge < -0.3 is 15.0 Å². The maximum Gasteiger partial charge on any atom is 0.309 e. The lowest BCUT2D eigenvalue weighted by atomic mass is 9.91. The van der Waals surface area contributed by atoms with Crippen molar-refractivity contribution in [2.24, 2.45) is 5.92 Å². The zero-order valence-corrected chi connectivity index (χ0v) is 9.67. The first-order valence-electron chi connectivity index (χ1n) is 5.47. The summed E-state index contributed by atoms with van der Waals surface area (Å²) < 4.78 is 0. The number of carboxylic acid groups (broad SMARTS) is 1. The first-order valence-corrected chi connectivity index (χ1v) is 5.47. The molecule has 2 N–H and O–H groups in total. The molecule has 0 bridgehead atoms. The van der Waals surface area contributed by atoms with E-state index < -0.39 is 18.0 Å². The molecule has 92 valence electrons. The topological polar surface area (TPSA) is 74.6 Å². The molecule has 2 atom stereocenters. The molecule has 0 spiro atoms. The van der Waals surface area contributed by atoms with Crippen molar-refractivity contribution in [2.45, 2.75) is 25.9 Å². The zero-order chi connectivity index (χ0) is 12.8. The van der Waals surface area contributed by atoms with E-state index in [1.807, 2.05) is 0 Å². The fourth-order valence-corrected chi connectivity index (χ4v) is 1.66. The van der Waals surface area contributed by atoms with Crippen LogP contribution in [-0.4, -0.2) is 22.0 Å². The Morgan fingerprint density at radius 1 is 1.24 bits per heavy atom. The summed E-state index contributed by atoms with van der Waals surface area (Å²) in [5, 5.41) is 19.0. The third kappa shape index (κ3) is 4.00. The van der Waals surface area contributed by atoms with E-state index in [4.69, 9.17) is 5.11 Å². The Hall–Kier alpha value is -1.68. The van der Waals surface area contributed by atoms with Crippen molar-refractivity contribution in [2.75, 3.05) is 0 Å². The fraction of sp³-hybridized carbons (Fsp3) is 0.385. The molecule has 0 aromatic heterocycles. The highest BCUT2D eigenvalue weighted by molar-refractivity contribution is 5.77. The number of hydrogen-bond donors (Lipinski definition) is 2. The number of Topliss-reactive ketones (excluding diaryl/α,β-unsaturated/α-hetero) is 1. The van der Waals surface area contributed by atoms with E-state index in [1.165, 1.54) is 6.92 Å². The molecule has 0 saturated heterocycles. The Kier molecular flexibility index (Phi) is 4.84. The molecule has 0 radical (unpaired) electrons. The van der Waals surface area contributed by atoms with Crippen LogP contribution in [0.25, 0.3) is 0 Å². The van der Waals surface area contributed by atoms with E-state index in [1.54, 1.807) is 30.3 Å². The summed E-state index contributed by atoms with van der Waals surface area (Å²) in [7, 11) is 0. The van der Waals surface area contributed by atoms with Gasteiger partial charge in [-0.3, -0.25) is 4.79 Å². The number of hydrogen-bond acceptors (Lipinski definition) is 3. The van der Waals surface area contributed by atoms with E-state index in [-0.39, 0.29) is 18.6 Å². The van der Waals surface area contributed by atoms with Crippen LogP contribution < -0.4 is 0 Å². The molecule has 1 aromatic rings. The Morgan fingerprint density at radius 3 is 2.29 bits per heavy atom. The summed E-state index contributed by atoms with van der Waals surface area (Å²) in [6.07, 6.45) is -0.755. The molecule has 1 unspecified atom stereocenters. The quantitative estimate of drug-likeness (QED) is 0.789. The van der Waals surface area contributed by atoms with Crippen LogP contribution in [0.1, 0.15) is 31.4 Å². The third-order valence-corrected chi connectivity index (χ3v) is 2.65. The van der Waals surface area contributed by atoms with Gasteiger partial charge in [-0.05, 0) is 18.9 Å². The molecule has 1 rings (SSSR count). The van der Waals surface area contributed by atoms with Gasteiger partial charge in [0.2, 0.25) is 0 Å². The Balaban J connectivity index is 2.77. The summed E-state index contributed by atoms with van der Waals surface area (Å²) in [5.74, 6) is -2.10. The summed E-state index contributed by atoms with van der Waals surface area (Å²) >= 11 is 0. The van der Waals surface area contributed by atoms with Gasteiger partial charge >= 0.3 is 5.97 Å². The summed E-state index contributed by atoms with van der Waals surface area (Å²) in [5.41, 5.74) is 0.559. The van der Waals surface area contributed by atoms with Gasteiger partial charge in [-0.2, -0.15) is 0 Å². The molecule has 0 amide bonds. The number of carbonyl (C=O) groups excluding carboxylic acids is 1. The molecule has 1 aromatic carbocycles. The van der Waals surface area contributed by atoms with Crippen molar-refractivity contribution in [1.29, 1.82) is 0 Å². The highest BCUT2D eigenvalue weighted by Gasteiger charge is 2.27. The lowest BCUT2D eigenvalue weighted by molar-refractivity contribution is -0.146. The molecule has 17 heavy (non-hydrogen) atoms. The lowest BCUT2D eigenvalue weighted by Crippen LogP contribution is -2.22. The molecule has 0 fully saturated rings. The number of aliphatic carboxylic acids is 1. The van der Waals surface area contributed by atoms with Crippen molar-refractivity contribution in [3.8, 4) is 0 Å². The van der Waals surface area contributed by atoms with Crippen LogP contribution in [0.2, 0.25) is 0 Å². The third-order valence-electron chi connectivity index (χ3n) is 2.65. The normalized spacial score (nSPS) is 14.0. The van der Waals surface area contributed by atoms with Crippen molar-refractivity contribution in [3.05, 3.63) is 35.9 Å². The number of carboxylic acids is 1. The zero-order valence-electron chi connectivity index (χ0n) is 9.67. The number of carbonyl (C=O) groups is 2. The van der Waals surface area contributed by atoms with Crippen LogP contribution in [0.4, 0.5) is 0 Å². The smallest absolute Gasteiger partial charge is 0.309 e. The van der Waals surface area contributed by atoms with Gasteiger partial charge in [-0.15, -0.1) is 0 Å². The van der Waals surface area contributed by atoms with Crippen LogP contribution in [-0.2, 0) is 9.59 Å². The largest absolute Gasteiger partial charge is 0.481 e. The predicted octanol–water partition coefficient (Wildman–Crippen LogP) is 1.79. The number of ketones is 1. The number of benzene rings is 1. The van der Waals surface area contributed by atoms with Gasteiger partial charge in [0, 0.05) is 6.42 Å². The number of rotatable bonds is 6. The maximum atomic E-state index is 11.1. The van der Waals surface area contributed by atoms with E-state index in [2.05, 4.69) is 0 Å². The van der Waals surface area contributed by atoms with Gasteiger partial charge in [-0.1, -0.05) is 30.3 Å². The second-order valence-electron chi connectivity index (χ2n) is 4.04. The van der Waals surface area contributed by atoms with E-state index in [0.29, 0.717) is 5.56 Å². The summed E-state index contributed by atoms with van der Waals surface area (Å²) in [6.45, 7) is 1.41. The molecule has 0 saturated carbocycles. The number of aliphatic hydroxyl groups excluding tert-OH is 1. The van der Waals surface area contributed by atoms with Crippen LogP contribution in [0.5, 0.6) is 0 Å². The van der Waals surface area contributed by atoms with Crippen molar-refractivity contribution in [3.63, 3.8) is 0 Å². The molecular weight excluding hydrogens is 220 g/mol. The van der Waals surface area contributed by atoms with Crippen LogP contribution in [0.3, 0.4) is 0 Å². The minimum absolute atomic E-state index is 0.0727. The van der Waals surface area contributed by atoms with Gasteiger partial charge in [0.05, 0.1) is 12.0 Å². The molecule has 0 heterocycles. The number of aliphatic hydroxyl groups is 1. The van der Waals surface area contributed by atoms with E-state index in [0.717, 1.165) is 0 Å². The van der Waals surface area contributed by atoms with E-state index >= 15 is 0 Å². The Bertz CT molecular complexity index is 386. The molecule has 4 nitrogen and oxygen atoms in total. The van der Waals surface area contributed by atoms with Gasteiger partial charge in [0.1, 0.15) is 5.78 Å². The van der Waals surface area contributed by atoms with Crippen molar-refractivity contribution >= 4 is 11.8 Å². The van der Waals surface area contributed by atoms with Crippen LogP contribution >= 0.6 is 0 Å². The summed E-state index contributed by atoms with van der Waals surface area (Å²) in [4.78, 5) is 21.9. The second kappa shape index (κ2) is 6.15. The first-order chi connectivity index (χ1) is 8.02. The Morgan fingerprint density at radius 2 is 1.82 bits per heavy atom. The lowest BCUT2D eigenvalue weighted by Gasteiger charge is -2.18. The average molecular weight is 236 g/mol.